The summed E-state index contributed by atoms with van der Waals surface area (Å²) in [6.07, 6.45) is 2.36. The van der Waals surface area contributed by atoms with E-state index in [-0.39, 0.29) is 11.8 Å². The lowest BCUT2D eigenvalue weighted by atomic mass is 9.78. The molecule has 1 aromatic carbocycles. The Morgan fingerprint density at radius 3 is 2.59 bits per heavy atom. The largest absolute Gasteiger partial charge is 0.468 e. The number of thiophene rings is 1. The van der Waals surface area contributed by atoms with Crippen molar-refractivity contribution >= 4 is 46.6 Å². The van der Waals surface area contributed by atoms with Crippen LogP contribution in [0.2, 0.25) is 0 Å². The molecule has 0 aliphatic carbocycles. The summed E-state index contributed by atoms with van der Waals surface area (Å²) < 4.78 is 5.14. The van der Waals surface area contributed by atoms with Crippen molar-refractivity contribution in [3.8, 4) is 0 Å². The van der Waals surface area contributed by atoms with Gasteiger partial charge in [-0.1, -0.05) is 24.3 Å². The first-order valence-corrected chi connectivity index (χ1v) is 11.6. The topological polar surface area (TPSA) is 75.7 Å². The highest BCUT2D eigenvalue weighted by molar-refractivity contribution is 7.98. The number of benzene rings is 1. The van der Waals surface area contributed by atoms with Crippen molar-refractivity contribution in [1.82, 2.24) is 5.32 Å². The normalized spacial score (nSPS) is 28.6. The number of hydrogen-bond donors (Lipinski definition) is 1. The number of para-hydroxylation sites is 1. The SMILES string of the molecule is COC(=O)[C@]1(CCSC)N[C@H](c2cccs2)[C@H]2C(=O)N(c3ccccc3)C(=O)[C@@H]21. The van der Waals surface area contributed by atoms with Crippen LogP contribution in [0.3, 0.4) is 0 Å². The molecule has 0 unspecified atom stereocenters. The lowest BCUT2D eigenvalue weighted by Crippen LogP contribution is -2.56. The molecule has 8 heteroatoms. The average molecular weight is 431 g/mol. The van der Waals surface area contributed by atoms with Crippen molar-refractivity contribution in [2.24, 2.45) is 11.8 Å². The molecule has 0 saturated carbocycles. The Balaban J connectivity index is 1.84. The standard InChI is InChI=1S/C21H22N2O4S2/c1-27-20(26)21(10-12-28-2)16-15(17(22-21)14-9-6-11-29-14)18(24)23(19(16)25)13-7-4-3-5-8-13/h3-9,11,15-17,22H,10,12H2,1-2H3/t15-,16+,17+,21+/m0/s1. The second-order valence-electron chi connectivity index (χ2n) is 7.19. The zero-order valence-electron chi connectivity index (χ0n) is 16.2. The van der Waals surface area contributed by atoms with Gasteiger partial charge in [0.15, 0.2) is 0 Å². The van der Waals surface area contributed by atoms with Crippen LogP contribution in [-0.2, 0) is 19.1 Å². The van der Waals surface area contributed by atoms with Gasteiger partial charge in [0.25, 0.3) is 0 Å². The quantitative estimate of drug-likeness (QED) is 0.561. The van der Waals surface area contributed by atoms with Crippen LogP contribution in [0.5, 0.6) is 0 Å². The van der Waals surface area contributed by atoms with E-state index in [9.17, 15) is 14.4 Å². The second kappa shape index (κ2) is 7.93. The van der Waals surface area contributed by atoms with Crippen molar-refractivity contribution < 1.29 is 19.1 Å². The number of ether oxygens (including phenoxy) is 1. The minimum absolute atomic E-state index is 0.271. The van der Waals surface area contributed by atoms with Crippen LogP contribution in [-0.4, -0.2) is 42.4 Å². The van der Waals surface area contributed by atoms with Gasteiger partial charge in [-0.3, -0.25) is 19.7 Å². The Morgan fingerprint density at radius 2 is 1.97 bits per heavy atom. The molecule has 4 rings (SSSR count). The number of carbonyl (C=O) groups is 3. The van der Waals surface area contributed by atoms with E-state index in [1.807, 2.05) is 29.8 Å². The number of nitrogens with one attached hydrogen (secondary N) is 1. The summed E-state index contributed by atoms with van der Waals surface area (Å²) in [7, 11) is 1.33. The number of rotatable bonds is 6. The third kappa shape index (κ3) is 3.10. The van der Waals surface area contributed by atoms with Crippen LogP contribution < -0.4 is 10.2 Å². The number of fused-ring (bicyclic) bond motifs is 1. The number of nitrogens with zero attached hydrogens (tertiary/aromatic N) is 1. The molecule has 2 aliphatic heterocycles. The maximum Gasteiger partial charge on any atom is 0.326 e. The Bertz CT molecular complexity index is 918. The smallest absolute Gasteiger partial charge is 0.326 e. The van der Waals surface area contributed by atoms with Crippen molar-refractivity contribution in [1.29, 1.82) is 0 Å². The average Bonchev–Trinajstić information content (AvgIpc) is 3.44. The zero-order valence-corrected chi connectivity index (χ0v) is 17.8. The lowest BCUT2D eigenvalue weighted by molar-refractivity contribution is -0.152. The molecule has 1 N–H and O–H groups in total. The van der Waals surface area contributed by atoms with Gasteiger partial charge in [0.2, 0.25) is 11.8 Å². The number of imide groups is 1. The first-order chi connectivity index (χ1) is 14.0. The molecule has 4 atom stereocenters. The molecule has 2 aromatic rings. The van der Waals surface area contributed by atoms with E-state index < -0.39 is 29.4 Å². The Kier molecular flexibility index (Phi) is 5.50. The maximum absolute atomic E-state index is 13.6. The molecule has 0 bridgehead atoms. The first kappa shape index (κ1) is 20.1. The van der Waals surface area contributed by atoms with Crippen LogP contribution in [0.15, 0.2) is 47.8 Å². The number of esters is 1. The van der Waals surface area contributed by atoms with E-state index >= 15 is 0 Å². The Labute approximate surface area is 177 Å². The number of thioether (sulfide) groups is 1. The number of amides is 2. The predicted molar refractivity (Wildman–Crippen MR) is 114 cm³/mol. The molecular formula is C21H22N2O4S2. The lowest BCUT2D eigenvalue weighted by Gasteiger charge is -2.32. The van der Waals surface area contributed by atoms with Gasteiger partial charge in [-0.05, 0) is 42.0 Å². The number of methoxy groups -OCH3 is 1. The van der Waals surface area contributed by atoms with Gasteiger partial charge in [0, 0.05) is 4.88 Å². The molecule has 2 saturated heterocycles. The Hall–Kier alpha value is -2.16. The molecule has 0 radical (unpaired) electrons. The summed E-state index contributed by atoms with van der Waals surface area (Å²) in [5.41, 5.74) is -0.696. The fraction of sp³-hybridized carbons (Fsp3) is 0.381. The fourth-order valence-electron chi connectivity index (χ4n) is 4.51. The van der Waals surface area contributed by atoms with E-state index in [0.717, 1.165) is 4.88 Å². The summed E-state index contributed by atoms with van der Waals surface area (Å²) in [5.74, 6) is -1.90. The van der Waals surface area contributed by atoms with Gasteiger partial charge in [0.1, 0.15) is 5.54 Å². The van der Waals surface area contributed by atoms with E-state index in [0.29, 0.717) is 17.9 Å². The van der Waals surface area contributed by atoms with Crippen LogP contribution >= 0.6 is 23.1 Å². The Morgan fingerprint density at radius 1 is 1.21 bits per heavy atom. The van der Waals surface area contributed by atoms with Crippen LogP contribution in [0.25, 0.3) is 0 Å². The number of carbonyl (C=O) groups excluding carboxylic acids is 3. The molecule has 3 heterocycles. The zero-order chi connectivity index (χ0) is 20.6. The summed E-state index contributed by atoms with van der Waals surface area (Å²) >= 11 is 3.10. The molecule has 6 nitrogen and oxygen atoms in total. The van der Waals surface area contributed by atoms with Crippen LogP contribution in [0, 0.1) is 11.8 Å². The van der Waals surface area contributed by atoms with Gasteiger partial charge >= 0.3 is 5.97 Å². The minimum Gasteiger partial charge on any atom is -0.468 e. The molecule has 2 aliphatic rings. The number of hydrogen-bond acceptors (Lipinski definition) is 7. The molecule has 1 aromatic heterocycles. The summed E-state index contributed by atoms with van der Waals surface area (Å²) in [4.78, 5) is 42.3. The summed E-state index contributed by atoms with van der Waals surface area (Å²) in [6.45, 7) is 0. The monoisotopic (exact) mass is 430 g/mol. The molecular weight excluding hydrogens is 408 g/mol. The highest BCUT2D eigenvalue weighted by Crippen LogP contribution is 2.52. The maximum atomic E-state index is 13.6. The highest BCUT2D eigenvalue weighted by atomic mass is 32.2. The van der Waals surface area contributed by atoms with Gasteiger partial charge in [0.05, 0.1) is 30.7 Å². The van der Waals surface area contributed by atoms with Gasteiger partial charge < -0.3 is 4.74 Å². The third-order valence-electron chi connectivity index (χ3n) is 5.77. The van der Waals surface area contributed by atoms with Crippen molar-refractivity contribution in [2.45, 2.75) is 18.0 Å². The van der Waals surface area contributed by atoms with E-state index in [1.54, 1.807) is 36.0 Å². The molecule has 0 spiro atoms. The predicted octanol–water partition coefficient (Wildman–Crippen LogP) is 2.86. The van der Waals surface area contributed by atoms with E-state index in [1.165, 1.54) is 23.3 Å². The number of anilines is 1. The second-order valence-corrected chi connectivity index (χ2v) is 9.16. The highest BCUT2D eigenvalue weighted by Gasteiger charge is 2.68. The minimum atomic E-state index is -1.23. The molecule has 2 fully saturated rings. The van der Waals surface area contributed by atoms with Gasteiger partial charge in [-0.15, -0.1) is 11.3 Å². The summed E-state index contributed by atoms with van der Waals surface area (Å²) in [6, 6.07) is 12.3. The van der Waals surface area contributed by atoms with Gasteiger partial charge in [-0.25, -0.2) is 4.90 Å². The molecule has 152 valence electrons. The molecule has 2 amide bonds. The van der Waals surface area contributed by atoms with Crippen molar-refractivity contribution in [3.63, 3.8) is 0 Å². The van der Waals surface area contributed by atoms with Crippen molar-refractivity contribution in [2.75, 3.05) is 24.0 Å². The third-order valence-corrected chi connectivity index (χ3v) is 7.34. The molecule has 29 heavy (non-hydrogen) atoms. The fourth-order valence-corrected chi connectivity index (χ4v) is 5.86. The first-order valence-electron chi connectivity index (χ1n) is 9.36. The van der Waals surface area contributed by atoms with E-state index in [4.69, 9.17) is 4.74 Å². The van der Waals surface area contributed by atoms with Gasteiger partial charge in [-0.2, -0.15) is 11.8 Å². The van der Waals surface area contributed by atoms with Crippen molar-refractivity contribution in [3.05, 3.63) is 52.7 Å². The van der Waals surface area contributed by atoms with E-state index in [2.05, 4.69) is 5.32 Å². The van der Waals surface area contributed by atoms with Crippen LogP contribution in [0.4, 0.5) is 5.69 Å². The van der Waals surface area contributed by atoms with Crippen LogP contribution in [0.1, 0.15) is 17.3 Å². The summed E-state index contributed by atoms with van der Waals surface area (Å²) in [5, 5.41) is 5.31.